The summed E-state index contributed by atoms with van der Waals surface area (Å²) in [5, 5.41) is 4.20. The average Bonchev–Trinajstić information content (AvgIpc) is 2.35. The highest BCUT2D eigenvalue weighted by Gasteiger charge is 2.23. The molecule has 0 spiro atoms. The molecule has 1 fully saturated rings. The summed E-state index contributed by atoms with van der Waals surface area (Å²) >= 11 is 5.42. The number of likely N-dealkylation sites (N-methyl/N-ethyl adjacent to an activating group) is 1. The molecule has 0 bridgehead atoms. The topological polar surface area (TPSA) is 27.7 Å². The molecule has 0 amide bonds. The fraction of sp³-hybridized carbons (Fsp3) is 0.917. The summed E-state index contributed by atoms with van der Waals surface area (Å²) in [5.74, 6) is 0. The van der Waals surface area contributed by atoms with Crippen molar-refractivity contribution in [1.82, 2.24) is 15.1 Å². The molecule has 0 aromatic carbocycles. The Morgan fingerprint density at radius 3 is 2.88 bits per heavy atom. The van der Waals surface area contributed by atoms with Crippen molar-refractivity contribution in [2.24, 2.45) is 0 Å². The first-order valence-electron chi connectivity index (χ1n) is 6.41. The molecule has 1 saturated heterocycles. The van der Waals surface area contributed by atoms with Gasteiger partial charge in [0, 0.05) is 45.9 Å². The molecular weight excluding hydrogens is 234 g/mol. The molecule has 1 heterocycles. The maximum Gasteiger partial charge on any atom is 0.169 e. The predicted molar refractivity (Wildman–Crippen MR) is 75.4 cm³/mol. The van der Waals surface area contributed by atoms with Crippen molar-refractivity contribution >= 4 is 17.3 Å². The lowest BCUT2D eigenvalue weighted by atomic mass is 10.1. The van der Waals surface area contributed by atoms with E-state index in [-0.39, 0.29) is 0 Å². The van der Waals surface area contributed by atoms with Gasteiger partial charge in [-0.15, -0.1) is 0 Å². The van der Waals surface area contributed by atoms with Crippen LogP contribution in [-0.2, 0) is 4.74 Å². The maximum absolute atomic E-state index is 5.42. The van der Waals surface area contributed by atoms with E-state index in [2.05, 4.69) is 29.1 Å². The Bertz CT molecular complexity index is 238. The van der Waals surface area contributed by atoms with E-state index in [1.807, 2.05) is 0 Å². The zero-order chi connectivity index (χ0) is 12.7. The largest absolute Gasteiger partial charge is 0.385 e. The maximum atomic E-state index is 5.42. The Morgan fingerprint density at radius 1 is 1.47 bits per heavy atom. The molecule has 1 rings (SSSR count). The van der Waals surface area contributed by atoms with E-state index in [0.717, 1.165) is 44.3 Å². The lowest BCUT2D eigenvalue weighted by Crippen LogP contribution is -2.55. The molecule has 0 aliphatic carbocycles. The molecular formula is C12H25N3OS. The normalized spacial score (nSPS) is 21.6. The van der Waals surface area contributed by atoms with Gasteiger partial charge in [0.1, 0.15) is 0 Å². The van der Waals surface area contributed by atoms with E-state index in [9.17, 15) is 0 Å². The lowest BCUT2D eigenvalue weighted by molar-refractivity contribution is 0.136. The van der Waals surface area contributed by atoms with Crippen molar-refractivity contribution in [2.45, 2.75) is 25.8 Å². The second-order valence-electron chi connectivity index (χ2n) is 4.57. The number of hydrogen-bond donors (Lipinski definition) is 1. The van der Waals surface area contributed by atoms with Gasteiger partial charge in [0.2, 0.25) is 0 Å². The number of piperazine rings is 1. The fourth-order valence-electron chi connectivity index (χ4n) is 2.09. The molecule has 1 aliphatic heterocycles. The summed E-state index contributed by atoms with van der Waals surface area (Å²) < 4.78 is 5.01. The summed E-state index contributed by atoms with van der Waals surface area (Å²) in [5.41, 5.74) is 0. The van der Waals surface area contributed by atoms with Crippen molar-refractivity contribution in [3.63, 3.8) is 0 Å². The van der Waals surface area contributed by atoms with Crippen molar-refractivity contribution in [1.29, 1.82) is 0 Å². The van der Waals surface area contributed by atoms with Crippen LogP contribution in [0.15, 0.2) is 0 Å². The van der Waals surface area contributed by atoms with E-state index in [1.54, 1.807) is 7.11 Å². The fourth-order valence-corrected chi connectivity index (χ4v) is 2.36. The molecule has 0 aromatic heterocycles. The number of ether oxygens (including phenoxy) is 1. The van der Waals surface area contributed by atoms with Crippen LogP contribution in [0.4, 0.5) is 0 Å². The van der Waals surface area contributed by atoms with Crippen LogP contribution in [0.5, 0.6) is 0 Å². The molecule has 4 nitrogen and oxygen atoms in total. The molecule has 1 N–H and O–H groups in total. The third-order valence-corrected chi connectivity index (χ3v) is 3.74. The van der Waals surface area contributed by atoms with Crippen LogP contribution < -0.4 is 5.32 Å². The predicted octanol–water partition coefficient (Wildman–Crippen LogP) is 0.923. The van der Waals surface area contributed by atoms with E-state index in [4.69, 9.17) is 17.0 Å². The molecule has 0 radical (unpaired) electrons. The first-order valence-corrected chi connectivity index (χ1v) is 6.81. The summed E-state index contributed by atoms with van der Waals surface area (Å²) in [7, 11) is 3.92. The average molecular weight is 259 g/mol. The van der Waals surface area contributed by atoms with Crippen LogP contribution >= 0.6 is 12.2 Å². The van der Waals surface area contributed by atoms with Gasteiger partial charge in [0.15, 0.2) is 5.11 Å². The smallest absolute Gasteiger partial charge is 0.169 e. The van der Waals surface area contributed by atoms with Crippen LogP contribution in [0.3, 0.4) is 0 Å². The number of nitrogens with one attached hydrogen (secondary N) is 1. The summed E-state index contributed by atoms with van der Waals surface area (Å²) in [4.78, 5) is 4.71. The van der Waals surface area contributed by atoms with Crippen molar-refractivity contribution < 1.29 is 4.74 Å². The standard InChI is InChI=1S/C12H25N3OS/c1-4-11-10-15(8-7-14(11)2)12(17)13-6-5-9-16-3/h11H,4-10H2,1-3H3,(H,13,17). The van der Waals surface area contributed by atoms with Crippen molar-refractivity contribution in [3.05, 3.63) is 0 Å². The number of hydrogen-bond acceptors (Lipinski definition) is 3. The molecule has 17 heavy (non-hydrogen) atoms. The number of methoxy groups -OCH3 is 1. The van der Waals surface area contributed by atoms with E-state index in [1.165, 1.54) is 6.42 Å². The quantitative estimate of drug-likeness (QED) is 0.585. The minimum atomic E-state index is 0.627. The van der Waals surface area contributed by atoms with Crippen LogP contribution in [0.2, 0.25) is 0 Å². The Morgan fingerprint density at radius 2 is 2.24 bits per heavy atom. The minimum Gasteiger partial charge on any atom is -0.385 e. The number of rotatable bonds is 5. The van der Waals surface area contributed by atoms with Gasteiger partial charge in [-0.05, 0) is 32.1 Å². The van der Waals surface area contributed by atoms with Gasteiger partial charge >= 0.3 is 0 Å². The molecule has 0 saturated carbocycles. The van der Waals surface area contributed by atoms with Gasteiger partial charge in [0.05, 0.1) is 0 Å². The third kappa shape index (κ3) is 4.77. The van der Waals surface area contributed by atoms with Gasteiger partial charge in [-0.1, -0.05) is 6.92 Å². The molecule has 1 atom stereocenters. The molecule has 1 unspecified atom stereocenters. The first kappa shape index (κ1) is 14.7. The Balaban J connectivity index is 2.27. The second kappa shape index (κ2) is 7.84. The Kier molecular flexibility index (Phi) is 6.77. The zero-order valence-electron chi connectivity index (χ0n) is 11.2. The van der Waals surface area contributed by atoms with Gasteiger partial charge in [-0.2, -0.15) is 0 Å². The van der Waals surface area contributed by atoms with Gasteiger partial charge in [-0.3, -0.25) is 4.90 Å². The van der Waals surface area contributed by atoms with Crippen LogP contribution in [0.25, 0.3) is 0 Å². The highest BCUT2D eigenvalue weighted by molar-refractivity contribution is 7.80. The van der Waals surface area contributed by atoms with Crippen LogP contribution in [0.1, 0.15) is 19.8 Å². The SMILES string of the molecule is CCC1CN(C(=S)NCCCOC)CCN1C. The number of thiocarbonyl (C=S) groups is 1. The summed E-state index contributed by atoms with van der Waals surface area (Å²) in [6.45, 7) is 7.09. The highest BCUT2D eigenvalue weighted by atomic mass is 32.1. The molecule has 0 aromatic rings. The zero-order valence-corrected chi connectivity index (χ0v) is 12.1. The van der Waals surface area contributed by atoms with Gasteiger partial charge in [-0.25, -0.2) is 0 Å². The third-order valence-electron chi connectivity index (χ3n) is 3.34. The van der Waals surface area contributed by atoms with Crippen molar-refractivity contribution in [2.75, 3.05) is 46.9 Å². The summed E-state index contributed by atoms with van der Waals surface area (Å²) in [6, 6.07) is 0.627. The van der Waals surface area contributed by atoms with Gasteiger partial charge < -0.3 is 15.0 Å². The van der Waals surface area contributed by atoms with Crippen LogP contribution in [0, 0.1) is 0 Å². The lowest BCUT2D eigenvalue weighted by Gasteiger charge is -2.40. The van der Waals surface area contributed by atoms with E-state index < -0.39 is 0 Å². The molecule has 5 heteroatoms. The summed E-state index contributed by atoms with van der Waals surface area (Å²) in [6.07, 6.45) is 2.18. The highest BCUT2D eigenvalue weighted by Crippen LogP contribution is 2.10. The van der Waals surface area contributed by atoms with E-state index >= 15 is 0 Å². The Hall–Kier alpha value is -0.390. The van der Waals surface area contributed by atoms with Crippen molar-refractivity contribution in [3.8, 4) is 0 Å². The number of nitrogens with zero attached hydrogens (tertiary/aromatic N) is 2. The second-order valence-corrected chi connectivity index (χ2v) is 4.95. The molecule has 1 aliphatic rings. The first-order chi connectivity index (χ1) is 8.19. The van der Waals surface area contributed by atoms with E-state index in [0.29, 0.717) is 6.04 Å². The Labute approximate surface area is 110 Å². The monoisotopic (exact) mass is 259 g/mol. The molecule has 100 valence electrons. The van der Waals surface area contributed by atoms with Gasteiger partial charge in [0.25, 0.3) is 0 Å². The van der Waals surface area contributed by atoms with Crippen LogP contribution in [-0.4, -0.2) is 67.9 Å². The minimum absolute atomic E-state index is 0.627.